The largest absolute Gasteiger partial charge is 0.481 e. The molecule has 0 fully saturated rings. The average Bonchev–Trinajstić information content (AvgIpc) is 2.83. The van der Waals surface area contributed by atoms with Crippen LogP contribution in [0, 0.1) is 0 Å². The molecule has 3 nitrogen and oxygen atoms in total. The number of rotatable bonds is 6. The van der Waals surface area contributed by atoms with Gasteiger partial charge in [-0.15, -0.1) is 23.1 Å². The first kappa shape index (κ1) is 13.1. The number of carbonyl (C=O) groups is 1. The molecule has 0 aliphatic heterocycles. The van der Waals surface area contributed by atoms with Crippen LogP contribution in [0.25, 0.3) is 0 Å². The minimum absolute atomic E-state index is 0.148. The second-order valence-electron chi connectivity index (χ2n) is 3.73. The summed E-state index contributed by atoms with van der Waals surface area (Å²) in [7, 11) is 0. The van der Waals surface area contributed by atoms with E-state index in [9.17, 15) is 4.79 Å². The molecule has 0 atom stereocenters. The summed E-state index contributed by atoms with van der Waals surface area (Å²) in [4.78, 5) is 16.1. The highest BCUT2D eigenvalue weighted by atomic mass is 32.2. The quantitative estimate of drug-likeness (QED) is 0.823. The van der Waals surface area contributed by atoms with Crippen molar-refractivity contribution in [1.82, 2.24) is 4.98 Å². The summed E-state index contributed by atoms with van der Waals surface area (Å²) in [6, 6.07) is 10.2. The number of carboxylic acid groups (broad SMARTS) is 1. The smallest absolute Gasteiger partial charge is 0.303 e. The summed E-state index contributed by atoms with van der Waals surface area (Å²) in [6.45, 7) is 0. The maximum atomic E-state index is 10.5. The fraction of sp³-hybridized carbons (Fsp3) is 0.231. The Morgan fingerprint density at radius 1 is 1.33 bits per heavy atom. The molecule has 0 bridgehead atoms. The number of aryl methyl sites for hydroxylation is 1. The Morgan fingerprint density at radius 2 is 2.11 bits per heavy atom. The highest BCUT2D eigenvalue weighted by molar-refractivity contribution is 7.98. The number of nitrogens with zero attached hydrogens (tertiary/aromatic N) is 1. The van der Waals surface area contributed by atoms with Gasteiger partial charge in [0.15, 0.2) is 0 Å². The number of benzene rings is 1. The molecule has 0 unspecified atom stereocenters. The molecule has 2 aromatic rings. The van der Waals surface area contributed by atoms with Gasteiger partial charge in [0, 0.05) is 16.7 Å². The van der Waals surface area contributed by atoms with E-state index >= 15 is 0 Å². The van der Waals surface area contributed by atoms with Gasteiger partial charge in [-0.2, -0.15) is 0 Å². The van der Waals surface area contributed by atoms with Crippen LogP contribution in [0.1, 0.15) is 17.1 Å². The van der Waals surface area contributed by atoms with Gasteiger partial charge in [0.05, 0.1) is 17.9 Å². The molecule has 0 saturated heterocycles. The van der Waals surface area contributed by atoms with Crippen LogP contribution in [0.2, 0.25) is 0 Å². The van der Waals surface area contributed by atoms with Gasteiger partial charge in [-0.25, -0.2) is 4.98 Å². The van der Waals surface area contributed by atoms with Gasteiger partial charge in [0.1, 0.15) is 5.01 Å². The van der Waals surface area contributed by atoms with E-state index in [4.69, 9.17) is 5.11 Å². The Bertz CT molecular complexity index is 511. The lowest BCUT2D eigenvalue weighted by atomic mass is 10.2. The number of hydrogen-bond donors (Lipinski definition) is 1. The van der Waals surface area contributed by atoms with E-state index in [1.165, 1.54) is 4.90 Å². The van der Waals surface area contributed by atoms with Crippen molar-refractivity contribution in [3.05, 3.63) is 46.4 Å². The molecule has 2 rings (SSSR count). The maximum Gasteiger partial charge on any atom is 0.303 e. The van der Waals surface area contributed by atoms with Crippen LogP contribution in [-0.4, -0.2) is 16.1 Å². The average molecular weight is 279 g/mol. The maximum absolute atomic E-state index is 10.5. The summed E-state index contributed by atoms with van der Waals surface area (Å²) >= 11 is 3.34. The molecular formula is C13H13NO2S2. The van der Waals surface area contributed by atoms with Crippen molar-refractivity contribution >= 4 is 29.1 Å². The summed E-state index contributed by atoms with van der Waals surface area (Å²) in [5, 5.41) is 11.6. The monoisotopic (exact) mass is 279 g/mol. The topological polar surface area (TPSA) is 50.2 Å². The van der Waals surface area contributed by atoms with Gasteiger partial charge in [0.2, 0.25) is 0 Å². The van der Waals surface area contributed by atoms with Crippen LogP contribution >= 0.6 is 23.1 Å². The molecule has 5 heteroatoms. The van der Waals surface area contributed by atoms with Gasteiger partial charge in [-0.1, -0.05) is 18.2 Å². The molecular weight excluding hydrogens is 266 g/mol. The molecule has 0 aliphatic carbocycles. The van der Waals surface area contributed by atoms with E-state index in [0.717, 1.165) is 16.5 Å². The number of aromatic nitrogens is 1. The molecule has 0 saturated carbocycles. The third-order valence-electron chi connectivity index (χ3n) is 2.30. The van der Waals surface area contributed by atoms with E-state index in [-0.39, 0.29) is 6.42 Å². The standard InChI is InChI=1S/C13H13NO2S2/c15-13(16)7-6-10-8-18-12(14-10)9-17-11-4-2-1-3-5-11/h1-5,8H,6-7,9H2,(H,15,16). The van der Waals surface area contributed by atoms with Gasteiger partial charge >= 0.3 is 5.97 Å². The number of thioether (sulfide) groups is 1. The van der Waals surface area contributed by atoms with Crippen molar-refractivity contribution in [3.8, 4) is 0 Å². The minimum Gasteiger partial charge on any atom is -0.481 e. The van der Waals surface area contributed by atoms with E-state index in [2.05, 4.69) is 17.1 Å². The summed E-state index contributed by atoms with van der Waals surface area (Å²) < 4.78 is 0. The predicted molar refractivity (Wildman–Crippen MR) is 74.1 cm³/mol. The summed E-state index contributed by atoms with van der Waals surface area (Å²) in [6.07, 6.45) is 0.664. The Balaban J connectivity index is 1.85. The lowest BCUT2D eigenvalue weighted by molar-refractivity contribution is -0.136. The zero-order chi connectivity index (χ0) is 12.8. The van der Waals surface area contributed by atoms with Gasteiger partial charge in [0.25, 0.3) is 0 Å². The molecule has 0 aliphatic rings. The Hall–Kier alpha value is -1.33. The Morgan fingerprint density at radius 3 is 2.83 bits per heavy atom. The fourth-order valence-electron chi connectivity index (χ4n) is 1.43. The van der Waals surface area contributed by atoms with Crippen molar-refractivity contribution < 1.29 is 9.90 Å². The third-order valence-corrected chi connectivity index (χ3v) is 4.40. The van der Waals surface area contributed by atoms with Crippen LogP contribution in [0.3, 0.4) is 0 Å². The van der Waals surface area contributed by atoms with Crippen LogP contribution < -0.4 is 0 Å². The van der Waals surface area contributed by atoms with Crippen molar-refractivity contribution in [2.75, 3.05) is 0 Å². The number of aliphatic carboxylic acids is 1. The molecule has 1 aromatic carbocycles. The SMILES string of the molecule is O=C(O)CCc1csc(CSc2ccccc2)n1. The summed E-state index contributed by atoms with van der Waals surface area (Å²) in [5.74, 6) is 0.0603. The molecule has 18 heavy (non-hydrogen) atoms. The second-order valence-corrected chi connectivity index (χ2v) is 5.72. The molecule has 0 spiro atoms. The normalized spacial score (nSPS) is 10.4. The molecule has 0 amide bonds. The zero-order valence-electron chi connectivity index (χ0n) is 9.70. The van der Waals surface area contributed by atoms with E-state index in [1.807, 2.05) is 23.6 Å². The van der Waals surface area contributed by atoms with E-state index in [1.54, 1.807) is 23.1 Å². The van der Waals surface area contributed by atoms with Crippen molar-refractivity contribution in [2.24, 2.45) is 0 Å². The van der Waals surface area contributed by atoms with E-state index in [0.29, 0.717) is 6.42 Å². The number of carboxylic acids is 1. The zero-order valence-corrected chi connectivity index (χ0v) is 11.3. The Labute approximate surface area is 114 Å². The van der Waals surface area contributed by atoms with Crippen molar-refractivity contribution in [3.63, 3.8) is 0 Å². The lowest BCUT2D eigenvalue weighted by Gasteiger charge is -1.97. The first-order valence-electron chi connectivity index (χ1n) is 5.57. The third kappa shape index (κ3) is 4.16. The second kappa shape index (κ2) is 6.56. The first-order chi connectivity index (χ1) is 8.74. The first-order valence-corrected chi connectivity index (χ1v) is 7.43. The molecule has 94 valence electrons. The molecule has 1 N–H and O–H groups in total. The predicted octanol–water partition coefficient (Wildman–Crippen LogP) is 3.45. The van der Waals surface area contributed by atoms with Gasteiger partial charge in [-0.3, -0.25) is 4.79 Å². The fourth-order valence-corrected chi connectivity index (χ4v) is 3.19. The molecule has 1 aromatic heterocycles. The van der Waals surface area contributed by atoms with Crippen molar-refractivity contribution in [2.45, 2.75) is 23.5 Å². The lowest BCUT2D eigenvalue weighted by Crippen LogP contribution is -1.97. The number of thiazole rings is 1. The molecule has 0 radical (unpaired) electrons. The van der Waals surface area contributed by atoms with Gasteiger partial charge in [-0.05, 0) is 12.1 Å². The highest BCUT2D eigenvalue weighted by Gasteiger charge is 2.05. The number of hydrogen-bond acceptors (Lipinski definition) is 4. The van der Waals surface area contributed by atoms with Crippen molar-refractivity contribution in [1.29, 1.82) is 0 Å². The van der Waals surface area contributed by atoms with Crippen LogP contribution in [0.15, 0.2) is 40.6 Å². The Kier molecular flexibility index (Phi) is 4.78. The van der Waals surface area contributed by atoms with Gasteiger partial charge < -0.3 is 5.11 Å². The van der Waals surface area contributed by atoms with E-state index < -0.39 is 5.97 Å². The highest BCUT2D eigenvalue weighted by Crippen LogP contribution is 2.24. The van der Waals surface area contributed by atoms with Crippen LogP contribution in [0.4, 0.5) is 0 Å². The summed E-state index contributed by atoms with van der Waals surface area (Å²) in [5.41, 5.74) is 0.881. The molecule has 1 heterocycles. The van der Waals surface area contributed by atoms with Crippen LogP contribution in [0.5, 0.6) is 0 Å². The minimum atomic E-state index is -0.775. The van der Waals surface area contributed by atoms with Crippen LogP contribution in [-0.2, 0) is 17.0 Å².